The molecule has 0 aliphatic heterocycles. The third-order valence-corrected chi connectivity index (χ3v) is 16.4. The fraction of sp³-hybridized carbons (Fsp3) is 0.833. The zero-order valence-corrected chi connectivity index (χ0v) is 26.5. The number of esters is 1. The molecule has 200 valence electrons. The van der Waals surface area contributed by atoms with Crippen molar-refractivity contribution in [1.82, 2.24) is 5.32 Å². The largest absolute Gasteiger partial charge is 0.467 e. The molecule has 0 heterocycles. The molecular formula is C24H48BrNO6Si2. The maximum absolute atomic E-state index is 12.9. The molecule has 0 aliphatic carbocycles. The minimum atomic E-state index is -2.08. The third-order valence-electron chi connectivity index (χ3n) is 6.93. The van der Waals surface area contributed by atoms with E-state index in [0.717, 1.165) is 22.6 Å². The maximum Gasteiger partial charge on any atom is 0.330 e. The highest BCUT2D eigenvalue weighted by molar-refractivity contribution is 9.11. The lowest BCUT2D eigenvalue weighted by atomic mass is 10.1. The number of aliphatic hydroxyl groups excluding tert-OH is 1. The first kappa shape index (κ1) is 33.5. The molecular weight excluding hydrogens is 534 g/mol. The molecule has 1 amide bonds. The summed E-state index contributed by atoms with van der Waals surface area (Å²) in [6.07, 6.45) is 2.06. The van der Waals surface area contributed by atoms with Gasteiger partial charge in [0.1, 0.15) is 0 Å². The fourth-order valence-electron chi connectivity index (χ4n) is 3.53. The zero-order chi connectivity index (χ0) is 26.7. The molecule has 0 fully saturated rings. The average Bonchev–Trinajstić information content (AvgIpc) is 2.73. The van der Waals surface area contributed by atoms with Gasteiger partial charge >= 0.3 is 5.97 Å². The Hall–Kier alpha value is -0.526. The van der Waals surface area contributed by atoms with Gasteiger partial charge in [-0.2, -0.15) is 0 Å². The predicted molar refractivity (Wildman–Crippen MR) is 147 cm³/mol. The van der Waals surface area contributed by atoms with Crippen LogP contribution in [0.3, 0.4) is 0 Å². The number of allylic oxidation sites excluding steroid dienone is 1. The van der Waals surface area contributed by atoms with Crippen molar-refractivity contribution in [3.05, 3.63) is 10.6 Å². The first-order valence-corrected chi connectivity index (χ1v) is 18.5. The Bertz CT molecular complexity index is 665. The van der Waals surface area contributed by atoms with E-state index in [2.05, 4.69) is 80.6 Å². The summed E-state index contributed by atoms with van der Waals surface area (Å²) < 4.78 is 19.1. The van der Waals surface area contributed by atoms with Gasteiger partial charge in [-0.1, -0.05) is 57.5 Å². The highest BCUT2D eigenvalue weighted by Gasteiger charge is 2.40. The molecule has 0 rings (SSSR count). The fourth-order valence-corrected chi connectivity index (χ4v) is 7.98. The normalized spacial score (nSPS) is 16.1. The second-order valence-corrected chi connectivity index (χ2v) is 21.1. The van der Waals surface area contributed by atoms with E-state index in [1.54, 1.807) is 0 Å². The van der Waals surface area contributed by atoms with Crippen molar-refractivity contribution in [2.75, 3.05) is 13.7 Å². The van der Waals surface area contributed by atoms with Crippen molar-refractivity contribution in [2.24, 2.45) is 0 Å². The van der Waals surface area contributed by atoms with Crippen LogP contribution in [0.5, 0.6) is 0 Å². The van der Waals surface area contributed by atoms with E-state index in [4.69, 9.17) is 8.85 Å². The lowest BCUT2D eigenvalue weighted by Gasteiger charge is -2.40. The molecule has 2 N–H and O–H groups in total. The molecule has 0 unspecified atom stereocenters. The summed E-state index contributed by atoms with van der Waals surface area (Å²) in [5.41, 5.74) is 0. The lowest BCUT2D eigenvalue weighted by molar-refractivity contribution is -0.146. The SMILES string of the molecule is CC[Si](CC)(CC)O[C@H](CC(=O)N[C@@H](CO)C(=O)OC)C[C@@H](/C=C(\C)Br)O[Si](C)(C)C(C)(C)C. The van der Waals surface area contributed by atoms with Gasteiger partial charge in [0.25, 0.3) is 0 Å². The number of halogens is 1. The Labute approximate surface area is 217 Å². The van der Waals surface area contributed by atoms with Gasteiger partial charge in [0.2, 0.25) is 5.91 Å². The number of rotatable bonds is 15. The molecule has 10 heteroatoms. The minimum absolute atomic E-state index is 0.0384. The molecule has 34 heavy (non-hydrogen) atoms. The number of amides is 1. The number of hydrogen-bond acceptors (Lipinski definition) is 6. The monoisotopic (exact) mass is 581 g/mol. The zero-order valence-electron chi connectivity index (χ0n) is 22.9. The van der Waals surface area contributed by atoms with Crippen molar-refractivity contribution >= 4 is 44.4 Å². The van der Waals surface area contributed by atoms with Crippen molar-refractivity contribution in [3.8, 4) is 0 Å². The number of aliphatic hydroxyl groups is 1. The van der Waals surface area contributed by atoms with E-state index >= 15 is 0 Å². The molecule has 0 radical (unpaired) electrons. The van der Waals surface area contributed by atoms with Crippen LogP contribution in [0.15, 0.2) is 10.6 Å². The Morgan fingerprint density at radius 3 is 2.00 bits per heavy atom. The molecule has 0 aromatic heterocycles. The molecule has 7 nitrogen and oxygen atoms in total. The van der Waals surface area contributed by atoms with Gasteiger partial charge in [0.05, 0.1) is 32.3 Å². The van der Waals surface area contributed by atoms with Gasteiger partial charge < -0.3 is 24.0 Å². The van der Waals surface area contributed by atoms with Crippen molar-refractivity contribution in [2.45, 2.75) is 116 Å². The van der Waals surface area contributed by atoms with Gasteiger partial charge in [-0.05, 0) is 53.7 Å². The Balaban J connectivity index is 5.95. The van der Waals surface area contributed by atoms with E-state index in [1.807, 2.05) is 13.0 Å². The standard InChI is InChI=1S/C24H48BrNO6Si2/c1-11-34(12-2,13-3)32-20(16-22(28)26-21(17-27)23(29)30-8)15-19(14-18(4)25)31-33(9,10)24(5,6)7/h14,19-21,27H,11-13,15-17H2,1-10H3,(H,26,28)/b18-14+/t19-,20+,21+/m1/s1. The highest BCUT2D eigenvalue weighted by atomic mass is 79.9. The van der Waals surface area contributed by atoms with Crippen LogP contribution in [0.1, 0.15) is 61.3 Å². The van der Waals surface area contributed by atoms with Crippen LogP contribution < -0.4 is 5.32 Å². The summed E-state index contributed by atoms with van der Waals surface area (Å²) in [5.74, 6) is -1.03. The quantitative estimate of drug-likeness (QED) is 0.196. The van der Waals surface area contributed by atoms with E-state index < -0.39 is 35.3 Å². The highest BCUT2D eigenvalue weighted by Crippen LogP contribution is 2.38. The van der Waals surface area contributed by atoms with Crippen LogP contribution in [0.25, 0.3) is 0 Å². The van der Waals surface area contributed by atoms with Crippen LogP contribution in [-0.2, 0) is 23.2 Å². The summed E-state index contributed by atoms with van der Waals surface area (Å²) in [7, 11) is -2.88. The second kappa shape index (κ2) is 14.9. The van der Waals surface area contributed by atoms with Gasteiger partial charge in [-0.3, -0.25) is 4.79 Å². The molecule has 0 aliphatic rings. The molecule has 0 saturated heterocycles. The van der Waals surface area contributed by atoms with Gasteiger partial charge in [-0.15, -0.1) is 0 Å². The summed E-state index contributed by atoms with van der Waals surface area (Å²) in [6.45, 7) is 18.9. The van der Waals surface area contributed by atoms with Crippen molar-refractivity contribution < 1.29 is 28.3 Å². The maximum atomic E-state index is 12.9. The molecule has 0 bridgehead atoms. The number of methoxy groups -OCH3 is 1. The van der Waals surface area contributed by atoms with Crippen LogP contribution in [0.2, 0.25) is 36.3 Å². The van der Waals surface area contributed by atoms with Crippen LogP contribution in [0, 0.1) is 0 Å². The molecule has 3 atom stereocenters. The number of hydrogen-bond donors (Lipinski definition) is 2. The van der Waals surface area contributed by atoms with Crippen LogP contribution >= 0.6 is 15.9 Å². The minimum Gasteiger partial charge on any atom is -0.467 e. The Kier molecular flexibility index (Phi) is 14.7. The van der Waals surface area contributed by atoms with Gasteiger partial charge in [0, 0.05) is 6.42 Å². The second-order valence-electron chi connectivity index (χ2n) is 10.4. The summed E-state index contributed by atoms with van der Waals surface area (Å²) >= 11 is 3.55. The van der Waals surface area contributed by atoms with E-state index in [1.165, 1.54) is 7.11 Å². The first-order valence-electron chi connectivity index (χ1n) is 12.3. The predicted octanol–water partition coefficient (Wildman–Crippen LogP) is 5.50. The van der Waals surface area contributed by atoms with Gasteiger partial charge in [-0.25, -0.2) is 4.79 Å². The van der Waals surface area contributed by atoms with Crippen LogP contribution in [0.4, 0.5) is 0 Å². The molecule has 0 saturated carbocycles. The van der Waals surface area contributed by atoms with E-state index in [9.17, 15) is 14.7 Å². The number of ether oxygens (including phenoxy) is 1. The molecule has 0 aromatic carbocycles. The van der Waals surface area contributed by atoms with Crippen LogP contribution in [-0.4, -0.2) is 65.6 Å². The Morgan fingerprint density at radius 1 is 1.09 bits per heavy atom. The smallest absolute Gasteiger partial charge is 0.330 e. The van der Waals surface area contributed by atoms with Crippen molar-refractivity contribution in [3.63, 3.8) is 0 Å². The summed E-state index contributed by atoms with van der Waals surface area (Å²) in [4.78, 5) is 24.7. The summed E-state index contributed by atoms with van der Waals surface area (Å²) in [5, 5.41) is 12.1. The topological polar surface area (TPSA) is 94.1 Å². The summed E-state index contributed by atoms with van der Waals surface area (Å²) in [6, 6.07) is 1.79. The van der Waals surface area contributed by atoms with E-state index in [0.29, 0.717) is 6.42 Å². The average molecular weight is 583 g/mol. The van der Waals surface area contributed by atoms with Gasteiger partial charge in [0.15, 0.2) is 22.7 Å². The lowest BCUT2D eigenvalue weighted by Crippen LogP contribution is -2.48. The Morgan fingerprint density at radius 2 is 1.62 bits per heavy atom. The number of carbonyl (C=O) groups is 2. The first-order chi connectivity index (χ1) is 15.6. The number of nitrogens with one attached hydrogen (secondary N) is 1. The van der Waals surface area contributed by atoms with E-state index in [-0.39, 0.29) is 29.6 Å². The third kappa shape index (κ3) is 11.0. The number of carbonyl (C=O) groups excluding carboxylic acids is 2. The molecule has 0 spiro atoms. The van der Waals surface area contributed by atoms with Crippen molar-refractivity contribution in [1.29, 1.82) is 0 Å². The molecule has 0 aromatic rings.